The SMILES string of the molecule is CSC1O[C@H]([C@H](NC(=O)[C@H]2NCC3CC(c4ccccc4)=CCO[C@H]32)[C@H](C)Cl)C(O)C(O)[C@H]1O. The molecule has 10 heteroatoms. The maximum Gasteiger partial charge on any atom is 0.240 e. The minimum atomic E-state index is -1.41. The van der Waals surface area contributed by atoms with Crippen molar-refractivity contribution in [3.63, 3.8) is 0 Å². The van der Waals surface area contributed by atoms with Gasteiger partial charge in [0.2, 0.25) is 5.91 Å². The Bertz CT molecular complexity index is 872. The van der Waals surface area contributed by atoms with Gasteiger partial charge in [0, 0.05) is 12.5 Å². The zero-order valence-corrected chi connectivity index (χ0v) is 20.8. The first-order valence-corrected chi connectivity index (χ1v) is 13.3. The first kappa shape index (κ1) is 25.9. The lowest BCUT2D eigenvalue weighted by Crippen LogP contribution is -2.65. The van der Waals surface area contributed by atoms with Crippen LogP contribution in [0.1, 0.15) is 18.9 Å². The number of carbonyl (C=O) groups excluding carboxylic acids is 1. The number of thioether (sulfide) groups is 1. The number of rotatable bonds is 6. The molecule has 2 fully saturated rings. The van der Waals surface area contributed by atoms with Crippen LogP contribution < -0.4 is 10.6 Å². The summed E-state index contributed by atoms with van der Waals surface area (Å²) in [5.41, 5.74) is 1.61. The van der Waals surface area contributed by atoms with Crippen LogP contribution >= 0.6 is 23.4 Å². The Hall–Kier alpha value is -1.17. The second kappa shape index (κ2) is 11.3. The molecule has 10 atom stereocenters. The summed E-state index contributed by atoms with van der Waals surface area (Å²) in [4.78, 5) is 13.3. The highest BCUT2D eigenvalue weighted by molar-refractivity contribution is 7.99. The van der Waals surface area contributed by atoms with Crippen LogP contribution in [0.2, 0.25) is 0 Å². The van der Waals surface area contributed by atoms with E-state index >= 15 is 0 Å². The molecule has 1 aromatic carbocycles. The number of aliphatic hydroxyl groups is 3. The van der Waals surface area contributed by atoms with Gasteiger partial charge in [0.1, 0.15) is 35.9 Å². The van der Waals surface area contributed by atoms with Crippen molar-refractivity contribution in [3.05, 3.63) is 42.0 Å². The Morgan fingerprint density at radius 2 is 1.94 bits per heavy atom. The molecule has 2 saturated heterocycles. The zero-order chi connectivity index (χ0) is 24.4. The number of alkyl halides is 1. The number of ether oxygens (including phenoxy) is 2. The van der Waals surface area contributed by atoms with E-state index in [9.17, 15) is 20.1 Å². The first-order valence-electron chi connectivity index (χ1n) is 11.6. The van der Waals surface area contributed by atoms with E-state index in [2.05, 4.69) is 28.8 Å². The van der Waals surface area contributed by atoms with E-state index in [1.165, 1.54) is 17.3 Å². The molecule has 4 rings (SSSR count). The summed E-state index contributed by atoms with van der Waals surface area (Å²) in [6, 6.07) is 8.79. The summed E-state index contributed by atoms with van der Waals surface area (Å²) in [6.45, 7) is 2.74. The molecule has 1 aromatic rings. The lowest BCUT2D eigenvalue weighted by atomic mass is 9.90. The number of benzene rings is 1. The number of hydrogen-bond acceptors (Lipinski definition) is 8. The third-order valence-electron chi connectivity index (χ3n) is 6.92. The highest BCUT2D eigenvalue weighted by atomic mass is 35.5. The van der Waals surface area contributed by atoms with Gasteiger partial charge in [-0.15, -0.1) is 23.4 Å². The number of fused-ring (bicyclic) bond motifs is 1. The lowest BCUT2D eigenvalue weighted by Gasteiger charge is -2.44. The number of nitrogens with one attached hydrogen (secondary N) is 2. The Morgan fingerprint density at radius 1 is 1.21 bits per heavy atom. The summed E-state index contributed by atoms with van der Waals surface area (Å²) in [6.07, 6.45) is -0.743. The van der Waals surface area contributed by atoms with Gasteiger partial charge in [-0.2, -0.15) is 0 Å². The maximum atomic E-state index is 13.3. The predicted octanol–water partition coefficient (Wildman–Crippen LogP) is 0.730. The highest BCUT2D eigenvalue weighted by Gasteiger charge is 2.49. The fourth-order valence-corrected chi connectivity index (χ4v) is 5.92. The van der Waals surface area contributed by atoms with Gasteiger partial charge in [-0.1, -0.05) is 36.4 Å². The van der Waals surface area contributed by atoms with E-state index in [-0.39, 0.29) is 17.9 Å². The van der Waals surface area contributed by atoms with Gasteiger partial charge >= 0.3 is 0 Å². The Kier molecular flexibility index (Phi) is 8.58. The number of hydrogen-bond donors (Lipinski definition) is 5. The molecule has 188 valence electrons. The third-order valence-corrected chi connectivity index (χ3v) is 8.04. The van der Waals surface area contributed by atoms with Crippen LogP contribution in [0.5, 0.6) is 0 Å². The number of carbonyl (C=O) groups is 1. The Balaban J connectivity index is 1.44. The smallest absolute Gasteiger partial charge is 0.240 e. The standard InChI is InChI=1S/C24H33ClN2O6S/c1-12(25)16(22-19(29)18(28)20(30)24(33-22)34-2)27-23(31)17-21-15(11-26-17)10-14(8-9-32-21)13-6-4-3-5-7-13/h3-8,12,15-22,24,26,28-30H,9-11H2,1-2H3,(H,27,31)/t12-,15?,16+,17-,18?,19?,20+,21+,22+,24?/m0/s1. The van der Waals surface area contributed by atoms with Gasteiger partial charge in [0.25, 0.3) is 0 Å². The average molecular weight is 513 g/mol. The van der Waals surface area contributed by atoms with Crippen LogP contribution in [-0.4, -0.2) is 94.1 Å². The molecule has 3 heterocycles. The first-order chi connectivity index (χ1) is 16.3. The second-order valence-electron chi connectivity index (χ2n) is 9.13. The minimum absolute atomic E-state index is 0.131. The van der Waals surface area contributed by atoms with Gasteiger partial charge in [-0.05, 0) is 30.7 Å². The molecule has 8 nitrogen and oxygen atoms in total. The van der Waals surface area contributed by atoms with Crippen molar-refractivity contribution in [1.82, 2.24) is 10.6 Å². The normalized spacial score (nSPS) is 37.8. The van der Waals surface area contributed by atoms with Crippen molar-refractivity contribution in [2.24, 2.45) is 5.92 Å². The highest BCUT2D eigenvalue weighted by Crippen LogP contribution is 2.33. The van der Waals surface area contributed by atoms with Crippen LogP contribution in [-0.2, 0) is 14.3 Å². The van der Waals surface area contributed by atoms with E-state index in [4.69, 9.17) is 21.1 Å². The fourth-order valence-electron chi connectivity index (χ4n) is 5.04. The minimum Gasteiger partial charge on any atom is -0.388 e. The van der Waals surface area contributed by atoms with Gasteiger partial charge in [0.15, 0.2) is 0 Å². The molecule has 4 unspecified atom stereocenters. The summed E-state index contributed by atoms with van der Waals surface area (Å²) in [5, 5.41) is 36.6. The number of aliphatic hydroxyl groups excluding tert-OH is 3. The summed E-state index contributed by atoms with van der Waals surface area (Å²) >= 11 is 7.62. The quantitative estimate of drug-likeness (QED) is 0.354. The molecule has 0 aromatic heterocycles. The molecular formula is C24H33ClN2O6S. The van der Waals surface area contributed by atoms with Crippen molar-refractivity contribution in [3.8, 4) is 0 Å². The second-order valence-corrected chi connectivity index (χ2v) is 10.8. The number of amides is 1. The molecule has 0 saturated carbocycles. The van der Waals surface area contributed by atoms with Crippen LogP contribution in [0.3, 0.4) is 0 Å². The van der Waals surface area contributed by atoms with Crippen LogP contribution in [0.4, 0.5) is 0 Å². The van der Waals surface area contributed by atoms with Gasteiger partial charge in [-0.3, -0.25) is 4.79 Å². The molecule has 3 aliphatic heterocycles. The topological polar surface area (TPSA) is 120 Å². The van der Waals surface area contributed by atoms with E-state index < -0.39 is 47.3 Å². The van der Waals surface area contributed by atoms with E-state index in [0.717, 1.165) is 12.0 Å². The van der Waals surface area contributed by atoms with Crippen molar-refractivity contribution in [2.45, 2.75) is 66.8 Å². The third kappa shape index (κ3) is 5.32. The average Bonchev–Trinajstić information content (AvgIpc) is 3.11. The van der Waals surface area contributed by atoms with Crippen LogP contribution in [0.15, 0.2) is 36.4 Å². The van der Waals surface area contributed by atoms with Crippen molar-refractivity contribution >= 4 is 34.8 Å². The maximum absolute atomic E-state index is 13.3. The zero-order valence-electron chi connectivity index (χ0n) is 19.2. The molecule has 5 N–H and O–H groups in total. The van der Waals surface area contributed by atoms with Gasteiger partial charge < -0.3 is 35.4 Å². The number of halogens is 1. The molecule has 0 bridgehead atoms. The molecule has 1 amide bonds. The van der Waals surface area contributed by atoms with Gasteiger partial charge in [0.05, 0.1) is 24.1 Å². The van der Waals surface area contributed by atoms with Crippen LogP contribution in [0, 0.1) is 5.92 Å². The van der Waals surface area contributed by atoms with Crippen molar-refractivity contribution in [1.29, 1.82) is 0 Å². The van der Waals surface area contributed by atoms with E-state index in [0.29, 0.717) is 13.2 Å². The van der Waals surface area contributed by atoms with Crippen LogP contribution in [0.25, 0.3) is 5.57 Å². The summed E-state index contributed by atoms with van der Waals surface area (Å²) in [7, 11) is 0. The largest absolute Gasteiger partial charge is 0.388 e. The Morgan fingerprint density at radius 3 is 2.62 bits per heavy atom. The monoisotopic (exact) mass is 512 g/mol. The van der Waals surface area contributed by atoms with Gasteiger partial charge in [-0.25, -0.2) is 0 Å². The van der Waals surface area contributed by atoms with E-state index in [1.807, 2.05) is 18.2 Å². The summed E-state index contributed by atoms with van der Waals surface area (Å²) < 4.78 is 11.9. The van der Waals surface area contributed by atoms with E-state index in [1.54, 1.807) is 13.2 Å². The Labute approximate surface area is 209 Å². The lowest BCUT2D eigenvalue weighted by molar-refractivity contribution is -0.205. The van der Waals surface area contributed by atoms with Crippen molar-refractivity contribution in [2.75, 3.05) is 19.4 Å². The number of allylic oxidation sites excluding steroid dienone is 1. The fraction of sp³-hybridized carbons (Fsp3) is 0.625. The van der Waals surface area contributed by atoms with Crippen molar-refractivity contribution < 1.29 is 29.6 Å². The molecule has 34 heavy (non-hydrogen) atoms. The molecule has 0 spiro atoms. The molecule has 0 radical (unpaired) electrons. The molecular weight excluding hydrogens is 480 g/mol. The molecule has 3 aliphatic rings. The predicted molar refractivity (Wildman–Crippen MR) is 131 cm³/mol. The molecule has 0 aliphatic carbocycles. The summed E-state index contributed by atoms with van der Waals surface area (Å²) in [5.74, 6) is -0.170.